The van der Waals surface area contributed by atoms with Gasteiger partial charge in [-0.2, -0.15) is 4.31 Å². The van der Waals surface area contributed by atoms with Crippen molar-refractivity contribution >= 4 is 49.4 Å². The minimum atomic E-state index is -4.24. The van der Waals surface area contributed by atoms with Crippen LogP contribution in [0.2, 0.25) is 5.15 Å². The zero-order valence-electron chi connectivity index (χ0n) is 9.92. The fourth-order valence-electron chi connectivity index (χ4n) is 1.30. The Morgan fingerprint density at radius 1 is 1.30 bits per heavy atom. The van der Waals surface area contributed by atoms with E-state index in [-0.39, 0.29) is 10.0 Å². The van der Waals surface area contributed by atoms with Crippen molar-refractivity contribution in [1.82, 2.24) is 9.29 Å². The van der Waals surface area contributed by atoms with Crippen molar-refractivity contribution in [3.8, 4) is 0 Å². The van der Waals surface area contributed by atoms with E-state index in [9.17, 15) is 18.0 Å². The quantitative estimate of drug-likeness (QED) is 0.634. The van der Waals surface area contributed by atoms with Crippen molar-refractivity contribution in [2.75, 3.05) is 13.1 Å². The summed E-state index contributed by atoms with van der Waals surface area (Å²) < 4.78 is 25.6. The van der Waals surface area contributed by atoms with E-state index in [0.29, 0.717) is 8.78 Å². The number of amides is 2. The van der Waals surface area contributed by atoms with Crippen molar-refractivity contribution in [3.05, 3.63) is 21.9 Å². The monoisotopic (exact) mass is 384 g/mol. The molecule has 0 unspecified atom stereocenters. The number of hydrogen-bond donors (Lipinski definition) is 2. The summed E-state index contributed by atoms with van der Waals surface area (Å²) in [5, 5.41) is -0.299. The summed E-state index contributed by atoms with van der Waals surface area (Å²) in [4.78, 5) is 25.2. The Labute approximate surface area is 128 Å². The molecule has 2 amide bonds. The van der Waals surface area contributed by atoms with Crippen LogP contribution < -0.4 is 11.5 Å². The average Bonchev–Trinajstić information content (AvgIpc) is 2.30. The maximum Gasteiger partial charge on any atom is 0.247 e. The third-order valence-corrected chi connectivity index (χ3v) is 4.71. The minimum absolute atomic E-state index is 0.299. The summed E-state index contributed by atoms with van der Waals surface area (Å²) in [5.41, 5.74) is 9.91. The van der Waals surface area contributed by atoms with Gasteiger partial charge in [0.2, 0.25) is 21.8 Å². The molecule has 0 aliphatic carbocycles. The van der Waals surface area contributed by atoms with Crippen LogP contribution in [0.5, 0.6) is 0 Å². The van der Waals surface area contributed by atoms with E-state index in [4.69, 9.17) is 23.1 Å². The molecule has 0 aliphatic heterocycles. The van der Waals surface area contributed by atoms with Gasteiger partial charge in [-0.05, 0) is 22.0 Å². The number of rotatable bonds is 6. The molecule has 0 saturated carbocycles. The Morgan fingerprint density at radius 3 is 2.25 bits per heavy atom. The summed E-state index contributed by atoms with van der Waals surface area (Å²) in [5.74, 6) is -1.87. The number of hydrogen-bond acceptors (Lipinski definition) is 5. The SMILES string of the molecule is NC(=O)CN(CC(N)=O)S(=O)(=O)c1cc(Br)cnc1Cl. The zero-order chi connectivity index (χ0) is 15.5. The van der Waals surface area contributed by atoms with Crippen LogP contribution in [0, 0.1) is 0 Å². The summed E-state index contributed by atoms with van der Waals surface area (Å²) in [6, 6.07) is 1.19. The van der Waals surface area contributed by atoms with Crippen molar-refractivity contribution in [3.63, 3.8) is 0 Å². The Hall–Kier alpha value is -1.23. The Kier molecular flexibility index (Phi) is 5.45. The van der Waals surface area contributed by atoms with Crippen LogP contribution in [0.1, 0.15) is 0 Å². The number of sulfonamides is 1. The first-order valence-corrected chi connectivity index (χ1v) is 7.63. The lowest BCUT2D eigenvalue weighted by Crippen LogP contribution is -2.43. The molecule has 0 aliphatic rings. The lowest BCUT2D eigenvalue weighted by Gasteiger charge is -2.19. The maximum absolute atomic E-state index is 12.3. The van der Waals surface area contributed by atoms with Crippen LogP contribution in [0.4, 0.5) is 0 Å². The molecule has 4 N–H and O–H groups in total. The van der Waals surface area contributed by atoms with Crippen LogP contribution in [-0.4, -0.2) is 42.6 Å². The second kappa shape index (κ2) is 6.48. The molecule has 11 heteroatoms. The number of pyridine rings is 1. The zero-order valence-corrected chi connectivity index (χ0v) is 13.1. The number of aromatic nitrogens is 1. The van der Waals surface area contributed by atoms with Gasteiger partial charge in [-0.3, -0.25) is 9.59 Å². The fourth-order valence-corrected chi connectivity index (χ4v) is 3.59. The van der Waals surface area contributed by atoms with E-state index in [1.807, 2.05) is 0 Å². The normalized spacial score (nSPS) is 11.6. The highest BCUT2D eigenvalue weighted by atomic mass is 79.9. The number of nitrogens with two attached hydrogens (primary N) is 2. The number of primary amides is 2. The first-order valence-electron chi connectivity index (χ1n) is 5.02. The van der Waals surface area contributed by atoms with E-state index >= 15 is 0 Å². The molecule has 0 spiro atoms. The molecule has 8 nitrogen and oxygen atoms in total. The predicted octanol–water partition coefficient (Wildman–Crippen LogP) is -0.541. The van der Waals surface area contributed by atoms with Crippen LogP contribution in [0.15, 0.2) is 21.6 Å². The first kappa shape index (κ1) is 16.8. The smallest absolute Gasteiger partial charge is 0.247 e. The molecule has 1 rings (SSSR count). The maximum atomic E-state index is 12.3. The van der Waals surface area contributed by atoms with Crippen LogP contribution >= 0.6 is 27.5 Å². The Balaban J connectivity index is 3.31. The van der Waals surface area contributed by atoms with Crippen LogP contribution in [0.3, 0.4) is 0 Å². The number of halogens is 2. The fraction of sp³-hybridized carbons (Fsp3) is 0.222. The highest BCUT2D eigenvalue weighted by molar-refractivity contribution is 9.10. The van der Waals surface area contributed by atoms with Gasteiger partial charge in [-0.15, -0.1) is 0 Å². The van der Waals surface area contributed by atoms with Gasteiger partial charge in [-0.25, -0.2) is 13.4 Å². The summed E-state index contributed by atoms with van der Waals surface area (Å²) in [7, 11) is -4.24. The number of nitrogens with zero attached hydrogens (tertiary/aromatic N) is 2. The van der Waals surface area contributed by atoms with E-state index < -0.39 is 34.9 Å². The van der Waals surface area contributed by atoms with Crippen molar-refractivity contribution < 1.29 is 18.0 Å². The highest BCUT2D eigenvalue weighted by Gasteiger charge is 2.30. The Bertz CT molecular complexity index is 635. The largest absolute Gasteiger partial charge is 0.369 e. The van der Waals surface area contributed by atoms with Gasteiger partial charge >= 0.3 is 0 Å². The molecule has 1 aromatic rings. The summed E-state index contributed by atoms with van der Waals surface area (Å²) in [6.45, 7) is -1.40. The summed E-state index contributed by atoms with van der Waals surface area (Å²) in [6.07, 6.45) is 1.30. The van der Waals surface area contributed by atoms with Gasteiger partial charge in [0.05, 0.1) is 13.1 Å². The van der Waals surface area contributed by atoms with Gasteiger partial charge in [0.15, 0.2) is 0 Å². The van der Waals surface area contributed by atoms with Gasteiger partial charge < -0.3 is 11.5 Å². The van der Waals surface area contributed by atoms with E-state index in [2.05, 4.69) is 20.9 Å². The van der Waals surface area contributed by atoms with Crippen molar-refractivity contribution in [2.24, 2.45) is 11.5 Å². The molecule has 0 atom stereocenters. The number of carbonyl (C=O) groups is 2. The lowest BCUT2D eigenvalue weighted by atomic mass is 10.5. The topological polar surface area (TPSA) is 136 Å². The minimum Gasteiger partial charge on any atom is -0.369 e. The first-order chi connectivity index (χ1) is 9.14. The molecule has 1 heterocycles. The molecule has 110 valence electrons. The molecule has 0 bridgehead atoms. The molecule has 1 aromatic heterocycles. The molecular weight excluding hydrogens is 376 g/mol. The highest BCUT2D eigenvalue weighted by Crippen LogP contribution is 2.25. The predicted molar refractivity (Wildman–Crippen MR) is 74.1 cm³/mol. The second-order valence-corrected chi connectivity index (χ2v) is 6.83. The third kappa shape index (κ3) is 4.13. The third-order valence-electron chi connectivity index (χ3n) is 2.06. The summed E-state index contributed by atoms with van der Waals surface area (Å²) >= 11 is 8.78. The molecule has 0 fully saturated rings. The molecule has 0 aromatic carbocycles. The van der Waals surface area contributed by atoms with E-state index in [1.54, 1.807) is 0 Å². The lowest BCUT2D eigenvalue weighted by molar-refractivity contribution is -0.120. The van der Waals surface area contributed by atoms with Crippen molar-refractivity contribution in [2.45, 2.75) is 4.90 Å². The molecular formula is C9H10BrClN4O4S. The molecule has 20 heavy (non-hydrogen) atoms. The van der Waals surface area contributed by atoms with Crippen molar-refractivity contribution in [1.29, 1.82) is 0 Å². The number of carbonyl (C=O) groups excluding carboxylic acids is 2. The average molecular weight is 386 g/mol. The van der Waals surface area contributed by atoms with E-state index in [1.165, 1.54) is 12.3 Å². The second-order valence-electron chi connectivity index (χ2n) is 3.65. The molecule has 0 saturated heterocycles. The van der Waals surface area contributed by atoms with Crippen LogP contribution in [-0.2, 0) is 19.6 Å². The van der Waals surface area contributed by atoms with E-state index in [0.717, 1.165) is 0 Å². The van der Waals surface area contributed by atoms with Gasteiger partial charge in [-0.1, -0.05) is 11.6 Å². The van der Waals surface area contributed by atoms with Gasteiger partial charge in [0.25, 0.3) is 0 Å². The Morgan fingerprint density at radius 2 is 1.80 bits per heavy atom. The molecule has 0 radical (unpaired) electrons. The van der Waals surface area contributed by atoms with Gasteiger partial charge in [0.1, 0.15) is 10.0 Å². The van der Waals surface area contributed by atoms with Gasteiger partial charge in [0, 0.05) is 10.7 Å². The van der Waals surface area contributed by atoms with Crippen LogP contribution in [0.25, 0.3) is 0 Å². The standard InChI is InChI=1S/C9H10BrClN4O4S/c10-5-1-6(9(11)14-2-5)20(18,19)15(3-7(12)16)4-8(13)17/h1-2H,3-4H2,(H2,12,16)(H2,13,17).